The number of benzene rings is 2. The standard InChI is InChI=1S/C23H18ClN9O/c1-15-9-17(12-25-11-15)27-22(34)16-5-4-6-19(10-16)32-14-18(13-26-32)28-23-29-30-31-33(23)21-8-3-2-7-20(21)24/h2-14H,1H3,(H,27,34)(H,28,29,31). The zero-order valence-electron chi connectivity index (χ0n) is 17.9. The van der Waals surface area contributed by atoms with Crippen LogP contribution in [0.1, 0.15) is 15.9 Å². The Kier molecular flexibility index (Phi) is 5.71. The molecule has 0 fully saturated rings. The van der Waals surface area contributed by atoms with E-state index < -0.39 is 0 Å². The summed E-state index contributed by atoms with van der Waals surface area (Å²) in [6.07, 6.45) is 6.74. The number of amides is 1. The van der Waals surface area contributed by atoms with Crippen molar-refractivity contribution in [3.63, 3.8) is 0 Å². The Labute approximate surface area is 199 Å². The second kappa shape index (κ2) is 9.12. The van der Waals surface area contributed by atoms with Crippen molar-refractivity contribution in [2.45, 2.75) is 6.92 Å². The number of anilines is 3. The number of tetrazole rings is 1. The quantitative estimate of drug-likeness (QED) is 0.381. The van der Waals surface area contributed by atoms with Gasteiger partial charge in [-0.25, -0.2) is 4.68 Å². The minimum atomic E-state index is -0.237. The Bertz CT molecular complexity index is 1480. The van der Waals surface area contributed by atoms with E-state index in [0.717, 1.165) is 5.56 Å². The number of nitrogens with one attached hydrogen (secondary N) is 2. The smallest absolute Gasteiger partial charge is 0.255 e. The van der Waals surface area contributed by atoms with Crippen LogP contribution in [0.15, 0.2) is 79.4 Å². The van der Waals surface area contributed by atoms with Gasteiger partial charge in [0, 0.05) is 11.8 Å². The van der Waals surface area contributed by atoms with Crippen LogP contribution in [-0.4, -0.2) is 40.9 Å². The van der Waals surface area contributed by atoms with Crippen LogP contribution in [0.25, 0.3) is 11.4 Å². The summed E-state index contributed by atoms with van der Waals surface area (Å²) in [6.45, 7) is 1.92. The molecule has 11 heteroatoms. The molecule has 0 aliphatic heterocycles. The first-order chi connectivity index (χ1) is 16.6. The van der Waals surface area contributed by atoms with Gasteiger partial charge in [-0.1, -0.05) is 34.9 Å². The lowest BCUT2D eigenvalue weighted by Crippen LogP contribution is -2.12. The maximum atomic E-state index is 12.7. The van der Waals surface area contributed by atoms with Crippen molar-refractivity contribution >= 4 is 34.8 Å². The molecule has 2 N–H and O–H groups in total. The summed E-state index contributed by atoms with van der Waals surface area (Å²) in [7, 11) is 0. The summed E-state index contributed by atoms with van der Waals surface area (Å²) in [6, 6.07) is 16.3. The van der Waals surface area contributed by atoms with E-state index in [0.29, 0.717) is 39.3 Å². The summed E-state index contributed by atoms with van der Waals surface area (Å²) < 4.78 is 3.15. The molecule has 3 aromatic heterocycles. The Morgan fingerprint density at radius 1 is 1.00 bits per heavy atom. The molecule has 2 aromatic carbocycles. The average Bonchev–Trinajstić information content (AvgIpc) is 3.50. The third kappa shape index (κ3) is 4.48. The van der Waals surface area contributed by atoms with Crippen molar-refractivity contribution < 1.29 is 4.79 Å². The fourth-order valence-corrected chi connectivity index (χ4v) is 3.54. The first-order valence-corrected chi connectivity index (χ1v) is 10.6. The first kappa shape index (κ1) is 21.3. The van der Waals surface area contributed by atoms with Crippen molar-refractivity contribution in [2.24, 2.45) is 0 Å². The minimum absolute atomic E-state index is 0.237. The molecule has 10 nitrogen and oxygen atoms in total. The van der Waals surface area contributed by atoms with Crippen LogP contribution in [0.5, 0.6) is 0 Å². The molecule has 5 rings (SSSR count). The summed E-state index contributed by atoms with van der Waals surface area (Å²) in [5.74, 6) is 0.145. The van der Waals surface area contributed by atoms with E-state index in [-0.39, 0.29) is 5.91 Å². The highest BCUT2D eigenvalue weighted by molar-refractivity contribution is 6.32. The molecule has 0 bridgehead atoms. The number of pyridine rings is 1. The predicted octanol–water partition coefficient (Wildman–Crippen LogP) is 4.20. The van der Waals surface area contributed by atoms with Crippen molar-refractivity contribution in [3.05, 3.63) is 95.5 Å². The summed E-state index contributed by atoms with van der Waals surface area (Å²) in [5, 5.41) is 22.7. The molecule has 34 heavy (non-hydrogen) atoms. The Morgan fingerprint density at radius 3 is 2.74 bits per heavy atom. The van der Waals surface area contributed by atoms with E-state index in [4.69, 9.17) is 11.6 Å². The number of aromatic nitrogens is 7. The lowest BCUT2D eigenvalue weighted by atomic mass is 10.2. The van der Waals surface area contributed by atoms with Crippen molar-refractivity contribution in [1.29, 1.82) is 0 Å². The summed E-state index contributed by atoms with van der Waals surface area (Å²) >= 11 is 6.28. The summed E-state index contributed by atoms with van der Waals surface area (Å²) in [4.78, 5) is 16.8. The second-order valence-corrected chi connectivity index (χ2v) is 7.83. The number of rotatable bonds is 6. The molecule has 168 valence electrons. The third-order valence-corrected chi connectivity index (χ3v) is 5.21. The zero-order chi connectivity index (χ0) is 23.5. The molecule has 0 saturated carbocycles. The van der Waals surface area contributed by atoms with Crippen LogP contribution >= 0.6 is 11.6 Å². The molecule has 0 unspecified atom stereocenters. The number of carbonyl (C=O) groups excluding carboxylic acids is 1. The zero-order valence-corrected chi connectivity index (χ0v) is 18.7. The highest BCUT2D eigenvalue weighted by Crippen LogP contribution is 2.23. The van der Waals surface area contributed by atoms with Gasteiger partial charge in [-0.15, -0.1) is 0 Å². The normalized spacial score (nSPS) is 10.8. The Balaban J connectivity index is 1.35. The Hall–Kier alpha value is -4.57. The van der Waals surface area contributed by atoms with E-state index in [9.17, 15) is 4.79 Å². The highest BCUT2D eigenvalue weighted by atomic mass is 35.5. The number of nitrogens with zero attached hydrogens (tertiary/aromatic N) is 7. The van der Waals surface area contributed by atoms with E-state index in [1.165, 1.54) is 4.68 Å². The number of hydrogen-bond acceptors (Lipinski definition) is 7. The fraction of sp³-hybridized carbons (Fsp3) is 0.0435. The van der Waals surface area contributed by atoms with Crippen LogP contribution in [0.2, 0.25) is 5.02 Å². The number of carbonyl (C=O) groups is 1. The molecule has 3 heterocycles. The van der Waals surface area contributed by atoms with Crippen LogP contribution in [0.3, 0.4) is 0 Å². The van der Waals surface area contributed by atoms with Crippen LogP contribution < -0.4 is 10.6 Å². The third-order valence-electron chi connectivity index (χ3n) is 4.89. The molecule has 0 aliphatic carbocycles. The van der Waals surface area contributed by atoms with Gasteiger partial charge in [0.15, 0.2) is 0 Å². The van der Waals surface area contributed by atoms with Gasteiger partial charge in [0.2, 0.25) is 0 Å². The molecule has 0 aliphatic rings. The lowest BCUT2D eigenvalue weighted by Gasteiger charge is -2.08. The van der Waals surface area contributed by atoms with Gasteiger partial charge in [0.1, 0.15) is 0 Å². The molecule has 0 saturated heterocycles. The molecular formula is C23H18ClN9O. The monoisotopic (exact) mass is 471 g/mol. The molecular weight excluding hydrogens is 454 g/mol. The largest absolute Gasteiger partial charge is 0.321 e. The summed E-state index contributed by atoms with van der Waals surface area (Å²) in [5.41, 5.74) is 4.11. The van der Waals surface area contributed by atoms with Crippen molar-refractivity contribution in [2.75, 3.05) is 10.6 Å². The van der Waals surface area contributed by atoms with E-state index >= 15 is 0 Å². The number of halogens is 1. The molecule has 1 amide bonds. The highest BCUT2D eigenvalue weighted by Gasteiger charge is 2.13. The van der Waals surface area contributed by atoms with Gasteiger partial charge in [0.25, 0.3) is 11.9 Å². The second-order valence-electron chi connectivity index (χ2n) is 7.42. The molecule has 5 aromatic rings. The topological polar surface area (TPSA) is 115 Å². The van der Waals surface area contributed by atoms with Gasteiger partial charge in [-0.05, 0) is 59.3 Å². The fourth-order valence-electron chi connectivity index (χ4n) is 3.32. The van der Waals surface area contributed by atoms with Crippen molar-refractivity contribution in [3.8, 4) is 11.4 Å². The van der Waals surface area contributed by atoms with Crippen LogP contribution in [0, 0.1) is 6.92 Å². The molecule has 0 radical (unpaired) electrons. The minimum Gasteiger partial charge on any atom is -0.321 e. The predicted molar refractivity (Wildman–Crippen MR) is 128 cm³/mol. The van der Waals surface area contributed by atoms with Gasteiger partial charge < -0.3 is 10.6 Å². The molecule has 0 atom stereocenters. The van der Waals surface area contributed by atoms with Gasteiger partial charge in [0.05, 0.1) is 46.4 Å². The van der Waals surface area contributed by atoms with Gasteiger partial charge in [-0.3, -0.25) is 9.78 Å². The average molecular weight is 472 g/mol. The van der Waals surface area contributed by atoms with E-state index in [2.05, 4.69) is 36.2 Å². The van der Waals surface area contributed by atoms with Gasteiger partial charge in [-0.2, -0.15) is 9.78 Å². The SMILES string of the molecule is Cc1cncc(NC(=O)c2cccc(-n3cc(Nc4nnnn4-c4ccccc4Cl)cn3)c2)c1. The number of para-hydroxylation sites is 1. The van der Waals surface area contributed by atoms with E-state index in [1.54, 1.807) is 53.7 Å². The number of hydrogen-bond donors (Lipinski definition) is 2. The lowest BCUT2D eigenvalue weighted by molar-refractivity contribution is 0.102. The van der Waals surface area contributed by atoms with Crippen molar-refractivity contribution in [1.82, 2.24) is 35.0 Å². The van der Waals surface area contributed by atoms with Crippen LogP contribution in [0.4, 0.5) is 17.3 Å². The van der Waals surface area contributed by atoms with Crippen LogP contribution in [-0.2, 0) is 0 Å². The molecule has 0 spiro atoms. The Morgan fingerprint density at radius 2 is 1.88 bits per heavy atom. The van der Waals surface area contributed by atoms with Gasteiger partial charge >= 0.3 is 0 Å². The maximum Gasteiger partial charge on any atom is 0.255 e. The number of aryl methyl sites for hydroxylation is 1. The maximum absolute atomic E-state index is 12.7. The van der Waals surface area contributed by atoms with E-state index in [1.807, 2.05) is 37.3 Å². The first-order valence-electron chi connectivity index (χ1n) is 10.3.